The number of benzene rings is 1. The maximum Gasteiger partial charge on any atom is 0.243 e. The smallest absolute Gasteiger partial charge is 0.243 e. The average Bonchev–Trinajstić information content (AvgIpc) is 3.14. The second kappa shape index (κ2) is 12.8. The van der Waals surface area contributed by atoms with Crippen LogP contribution in [0.15, 0.2) is 35.3 Å². The molecule has 1 saturated heterocycles. The van der Waals surface area contributed by atoms with Crippen LogP contribution in [0.5, 0.6) is 0 Å². The van der Waals surface area contributed by atoms with Crippen LogP contribution >= 0.6 is 24.0 Å². The van der Waals surface area contributed by atoms with Gasteiger partial charge in [0.15, 0.2) is 5.96 Å². The molecule has 0 spiro atoms. The van der Waals surface area contributed by atoms with Crippen molar-refractivity contribution in [3.63, 3.8) is 0 Å². The number of amides is 1. The number of morpholine rings is 1. The van der Waals surface area contributed by atoms with E-state index >= 15 is 0 Å². The van der Waals surface area contributed by atoms with Crippen molar-refractivity contribution >= 4 is 46.7 Å². The summed E-state index contributed by atoms with van der Waals surface area (Å²) in [5.74, 6) is 0.652. The predicted molar refractivity (Wildman–Crippen MR) is 132 cm³/mol. The van der Waals surface area contributed by atoms with Gasteiger partial charge in [0.2, 0.25) is 5.91 Å². The fourth-order valence-electron chi connectivity index (χ4n) is 3.20. The lowest BCUT2D eigenvalue weighted by atomic mass is 10.2. The molecular formula is C21H33IN6O2. The number of aliphatic imine (C=N–C) groups is 1. The van der Waals surface area contributed by atoms with Crippen LogP contribution in [0.25, 0.3) is 10.9 Å². The largest absolute Gasteiger partial charge is 0.379 e. The number of fused-ring (bicyclic) bond motifs is 1. The number of carbonyl (C=O) groups excluding carboxylic acids is 1. The van der Waals surface area contributed by atoms with E-state index in [0.717, 1.165) is 57.9 Å². The Morgan fingerprint density at radius 1 is 1.20 bits per heavy atom. The van der Waals surface area contributed by atoms with Crippen molar-refractivity contribution in [3.8, 4) is 0 Å². The number of aromatic nitrogens is 1. The third-order valence-corrected chi connectivity index (χ3v) is 4.97. The van der Waals surface area contributed by atoms with Gasteiger partial charge in [-0.1, -0.05) is 18.2 Å². The molecule has 2 aromatic rings. The molecule has 3 N–H and O–H groups in total. The zero-order valence-corrected chi connectivity index (χ0v) is 20.1. The zero-order valence-electron chi connectivity index (χ0n) is 17.8. The minimum atomic E-state index is -0.0186. The molecule has 1 amide bonds. The van der Waals surface area contributed by atoms with Crippen LogP contribution in [-0.2, 0) is 16.0 Å². The standard InChI is InChI=1S/C21H32N6O2.HI/c1-26(2)20(28)16-24-21(23-9-10-27-11-13-29-14-12-27)22-8-7-18-15-17-5-3-4-6-19(17)25-18;/h3-6,15,25H,7-14,16H2,1-2H3,(H2,22,23,24);1H. The van der Waals surface area contributed by atoms with Gasteiger partial charge in [-0.15, -0.1) is 24.0 Å². The van der Waals surface area contributed by atoms with Gasteiger partial charge in [0.1, 0.15) is 6.54 Å². The number of nitrogens with one attached hydrogen (secondary N) is 3. The molecule has 1 aromatic carbocycles. The predicted octanol–water partition coefficient (Wildman–Crippen LogP) is 1.28. The molecule has 0 atom stereocenters. The third kappa shape index (κ3) is 7.77. The van der Waals surface area contributed by atoms with Crippen LogP contribution < -0.4 is 10.6 Å². The maximum absolute atomic E-state index is 11.9. The van der Waals surface area contributed by atoms with Crippen LogP contribution in [0.1, 0.15) is 5.69 Å². The Hall–Kier alpha value is -1.85. The molecule has 0 bridgehead atoms. The number of aromatic amines is 1. The number of rotatable bonds is 8. The summed E-state index contributed by atoms with van der Waals surface area (Å²) in [5, 5.41) is 7.92. The van der Waals surface area contributed by atoms with Crippen molar-refractivity contribution in [3.05, 3.63) is 36.0 Å². The monoisotopic (exact) mass is 528 g/mol. The van der Waals surface area contributed by atoms with E-state index in [1.54, 1.807) is 19.0 Å². The number of hydrogen-bond donors (Lipinski definition) is 3. The Morgan fingerprint density at radius 2 is 1.93 bits per heavy atom. The summed E-state index contributed by atoms with van der Waals surface area (Å²) in [5.41, 5.74) is 2.33. The summed E-state index contributed by atoms with van der Waals surface area (Å²) in [6, 6.07) is 10.4. The maximum atomic E-state index is 11.9. The molecule has 9 heteroatoms. The third-order valence-electron chi connectivity index (χ3n) is 4.97. The quantitative estimate of drug-likeness (QED) is 0.273. The molecule has 0 saturated carbocycles. The van der Waals surface area contributed by atoms with E-state index < -0.39 is 0 Å². The minimum Gasteiger partial charge on any atom is -0.379 e. The molecule has 1 aromatic heterocycles. The van der Waals surface area contributed by atoms with Gasteiger partial charge >= 0.3 is 0 Å². The van der Waals surface area contributed by atoms with Gasteiger partial charge in [-0.05, 0) is 17.5 Å². The molecule has 1 aliphatic rings. The van der Waals surface area contributed by atoms with Crippen molar-refractivity contribution in [2.24, 2.45) is 4.99 Å². The molecule has 166 valence electrons. The second-order valence-electron chi connectivity index (χ2n) is 7.39. The average molecular weight is 528 g/mol. The van der Waals surface area contributed by atoms with Gasteiger partial charge in [0.05, 0.1) is 13.2 Å². The van der Waals surface area contributed by atoms with Gasteiger partial charge < -0.3 is 25.3 Å². The number of carbonyl (C=O) groups is 1. The first-order valence-corrected chi connectivity index (χ1v) is 10.2. The Balaban J connectivity index is 0.00000320. The SMILES string of the molecule is CN(C)C(=O)CN=C(NCCc1cc2ccccc2[nH]1)NCCN1CCOCC1.I. The number of para-hydroxylation sites is 1. The number of H-pyrrole nitrogens is 1. The van der Waals surface area contributed by atoms with Gasteiger partial charge in [-0.25, -0.2) is 4.99 Å². The van der Waals surface area contributed by atoms with Gasteiger partial charge in [-0.2, -0.15) is 0 Å². The first kappa shape index (κ1) is 24.4. The van der Waals surface area contributed by atoms with Gasteiger partial charge in [-0.3, -0.25) is 9.69 Å². The molecule has 1 aliphatic heterocycles. The summed E-state index contributed by atoms with van der Waals surface area (Å²) in [7, 11) is 3.49. The number of likely N-dealkylation sites (N-methyl/N-ethyl adjacent to an activating group) is 1. The summed E-state index contributed by atoms with van der Waals surface area (Å²) in [6.07, 6.45) is 0.848. The molecule has 30 heavy (non-hydrogen) atoms. The topological polar surface area (TPSA) is 85.0 Å². The van der Waals surface area contributed by atoms with Crippen molar-refractivity contribution in [1.29, 1.82) is 0 Å². The normalized spacial score (nSPS) is 14.9. The highest BCUT2D eigenvalue weighted by Crippen LogP contribution is 2.14. The molecule has 0 unspecified atom stereocenters. The lowest BCUT2D eigenvalue weighted by Gasteiger charge is -2.26. The Kier molecular flexibility index (Phi) is 10.4. The van der Waals surface area contributed by atoms with E-state index in [9.17, 15) is 4.79 Å². The van der Waals surface area contributed by atoms with Gasteiger partial charge in [0, 0.05) is 64.5 Å². The fourth-order valence-corrected chi connectivity index (χ4v) is 3.20. The molecule has 2 heterocycles. The molecule has 1 fully saturated rings. The van der Waals surface area contributed by atoms with Crippen molar-refractivity contribution in [2.75, 3.05) is 66.6 Å². The summed E-state index contributed by atoms with van der Waals surface area (Å²) in [4.78, 5) is 23.7. The fraction of sp³-hybridized carbons (Fsp3) is 0.524. The first-order chi connectivity index (χ1) is 14.1. The van der Waals surface area contributed by atoms with E-state index in [4.69, 9.17) is 4.74 Å². The molecule has 8 nitrogen and oxygen atoms in total. The van der Waals surface area contributed by atoms with Crippen molar-refractivity contribution in [2.45, 2.75) is 6.42 Å². The number of hydrogen-bond acceptors (Lipinski definition) is 4. The minimum absolute atomic E-state index is 0. The van der Waals surface area contributed by atoms with Crippen molar-refractivity contribution in [1.82, 2.24) is 25.4 Å². The highest BCUT2D eigenvalue weighted by molar-refractivity contribution is 14.0. The van der Waals surface area contributed by atoms with Crippen LogP contribution in [0.3, 0.4) is 0 Å². The van der Waals surface area contributed by atoms with Crippen LogP contribution in [-0.4, -0.2) is 93.2 Å². The summed E-state index contributed by atoms with van der Waals surface area (Å²) < 4.78 is 5.39. The molecular weight excluding hydrogens is 495 g/mol. The van der Waals surface area contributed by atoms with E-state index in [-0.39, 0.29) is 36.4 Å². The van der Waals surface area contributed by atoms with E-state index in [1.165, 1.54) is 11.1 Å². The van der Waals surface area contributed by atoms with E-state index in [2.05, 4.69) is 43.7 Å². The van der Waals surface area contributed by atoms with Gasteiger partial charge in [0.25, 0.3) is 0 Å². The van der Waals surface area contributed by atoms with Crippen LogP contribution in [0.4, 0.5) is 0 Å². The number of nitrogens with zero attached hydrogens (tertiary/aromatic N) is 3. The lowest BCUT2D eigenvalue weighted by Crippen LogP contribution is -2.45. The summed E-state index contributed by atoms with van der Waals surface area (Å²) >= 11 is 0. The lowest BCUT2D eigenvalue weighted by molar-refractivity contribution is -0.127. The van der Waals surface area contributed by atoms with E-state index in [0.29, 0.717) is 5.96 Å². The first-order valence-electron chi connectivity index (χ1n) is 10.2. The Labute approximate surface area is 195 Å². The Morgan fingerprint density at radius 3 is 2.67 bits per heavy atom. The zero-order chi connectivity index (χ0) is 20.5. The number of guanidine groups is 1. The van der Waals surface area contributed by atoms with Crippen LogP contribution in [0.2, 0.25) is 0 Å². The Bertz CT molecular complexity index is 784. The second-order valence-corrected chi connectivity index (χ2v) is 7.39. The highest BCUT2D eigenvalue weighted by atomic mass is 127. The molecule has 0 radical (unpaired) electrons. The number of halogens is 1. The molecule has 0 aliphatic carbocycles. The van der Waals surface area contributed by atoms with Crippen LogP contribution in [0, 0.1) is 0 Å². The van der Waals surface area contributed by atoms with Crippen molar-refractivity contribution < 1.29 is 9.53 Å². The molecule has 3 rings (SSSR count). The highest BCUT2D eigenvalue weighted by Gasteiger charge is 2.10. The summed E-state index contributed by atoms with van der Waals surface area (Å²) in [6.45, 7) is 6.06. The number of ether oxygens (including phenoxy) is 1. The van der Waals surface area contributed by atoms with E-state index in [1.807, 2.05) is 12.1 Å².